The Morgan fingerprint density at radius 2 is 1.79 bits per heavy atom. The Bertz CT molecular complexity index is 1520. The summed E-state index contributed by atoms with van der Waals surface area (Å²) in [5, 5.41) is 3.48. The number of sulfonamides is 1. The minimum Gasteiger partial charge on any atom is -0.346 e. The molecule has 2 aromatic heterocycles. The van der Waals surface area contributed by atoms with Crippen molar-refractivity contribution in [2.75, 3.05) is 16.7 Å². The Hall–Kier alpha value is -3.86. The van der Waals surface area contributed by atoms with Crippen molar-refractivity contribution in [3.8, 4) is 11.3 Å². The molecule has 0 saturated heterocycles. The summed E-state index contributed by atoms with van der Waals surface area (Å²) in [6.45, 7) is 0. The van der Waals surface area contributed by atoms with Crippen molar-refractivity contribution in [3.63, 3.8) is 0 Å². The Morgan fingerprint density at radius 1 is 1.06 bits per heavy atom. The first-order valence-corrected chi connectivity index (χ1v) is 11.9. The van der Waals surface area contributed by atoms with Gasteiger partial charge in [0.25, 0.3) is 10.0 Å². The highest BCUT2D eigenvalue weighted by molar-refractivity contribution is 7.92. The summed E-state index contributed by atoms with van der Waals surface area (Å²) < 4.78 is 53.5. The zero-order valence-corrected chi connectivity index (χ0v) is 18.7. The lowest BCUT2D eigenvalue weighted by atomic mass is 10.1. The van der Waals surface area contributed by atoms with E-state index in [-0.39, 0.29) is 22.7 Å². The smallest absolute Gasteiger partial charge is 0.264 e. The van der Waals surface area contributed by atoms with Crippen LogP contribution in [0.5, 0.6) is 0 Å². The van der Waals surface area contributed by atoms with Crippen molar-refractivity contribution in [1.29, 1.82) is 0 Å². The van der Waals surface area contributed by atoms with E-state index in [1.54, 1.807) is 30.5 Å². The Kier molecular flexibility index (Phi) is 5.28. The van der Waals surface area contributed by atoms with Crippen molar-refractivity contribution in [2.45, 2.75) is 17.7 Å². The van der Waals surface area contributed by atoms with Crippen LogP contribution in [0.3, 0.4) is 0 Å². The molecule has 4 aromatic rings. The number of nitrogens with zero attached hydrogens (tertiary/aromatic N) is 3. The molecule has 1 amide bonds. The molecular weight excluding hydrogens is 464 g/mol. The van der Waals surface area contributed by atoms with Crippen LogP contribution in [0.2, 0.25) is 0 Å². The second-order valence-electron chi connectivity index (χ2n) is 7.99. The maximum Gasteiger partial charge on any atom is 0.264 e. The second-order valence-corrected chi connectivity index (χ2v) is 9.96. The number of amides is 1. The number of fused-ring (bicyclic) bond motifs is 1. The normalized spacial score (nSPS) is 13.7. The van der Waals surface area contributed by atoms with Crippen LogP contribution >= 0.6 is 0 Å². The second kappa shape index (κ2) is 8.17. The minimum atomic E-state index is -4.11. The van der Waals surface area contributed by atoms with Gasteiger partial charge in [0.05, 0.1) is 16.3 Å². The average Bonchev–Trinajstić information content (AvgIpc) is 3.58. The number of anilines is 2. The van der Waals surface area contributed by atoms with Crippen LogP contribution in [0.25, 0.3) is 22.3 Å². The summed E-state index contributed by atoms with van der Waals surface area (Å²) in [4.78, 5) is 23.7. The van der Waals surface area contributed by atoms with Gasteiger partial charge < -0.3 is 4.98 Å². The van der Waals surface area contributed by atoms with Gasteiger partial charge in [0.1, 0.15) is 5.65 Å². The molecule has 1 saturated carbocycles. The van der Waals surface area contributed by atoms with E-state index >= 15 is 0 Å². The first-order valence-electron chi connectivity index (χ1n) is 10.4. The number of nitrogens with one attached hydrogen (secondary N) is 2. The number of halogens is 2. The highest BCUT2D eigenvalue weighted by Crippen LogP contribution is 2.32. The maximum absolute atomic E-state index is 13.6. The van der Waals surface area contributed by atoms with Crippen LogP contribution in [-0.4, -0.2) is 36.3 Å². The van der Waals surface area contributed by atoms with Crippen LogP contribution in [0.15, 0.2) is 59.6 Å². The predicted octanol–water partition coefficient (Wildman–Crippen LogP) is 4.08. The van der Waals surface area contributed by atoms with Crippen molar-refractivity contribution in [3.05, 3.63) is 66.4 Å². The molecule has 0 atom stereocenters. The van der Waals surface area contributed by atoms with E-state index in [9.17, 15) is 22.0 Å². The molecule has 34 heavy (non-hydrogen) atoms. The van der Waals surface area contributed by atoms with Crippen LogP contribution in [0.4, 0.5) is 20.4 Å². The Labute approximate surface area is 193 Å². The lowest BCUT2D eigenvalue weighted by Crippen LogP contribution is -2.26. The van der Waals surface area contributed by atoms with Crippen LogP contribution in [-0.2, 0) is 14.8 Å². The largest absolute Gasteiger partial charge is 0.346 e. The van der Waals surface area contributed by atoms with Gasteiger partial charge in [0.15, 0.2) is 11.6 Å². The predicted molar refractivity (Wildman–Crippen MR) is 123 cm³/mol. The first kappa shape index (κ1) is 22.0. The number of aromatic amines is 1. The maximum atomic E-state index is 13.6. The molecule has 174 valence electrons. The van der Waals surface area contributed by atoms with Gasteiger partial charge in [-0.05, 0) is 49.2 Å². The molecule has 8 nitrogen and oxygen atoms in total. The molecule has 2 heterocycles. The van der Waals surface area contributed by atoms with Crippen molar-refractivity contribution >= 4 is 38.6 Å². The lowest BCUT2D eigenvalue weighted by molar-refractivity contribution is -0.117. The van der Waals surface area contributed by atoms with Crippen molar-refractivity contribution in [2.24, 2.45) is 5.92 Å². The molecule has 0 unspecified atom stereocenters. The zero-order valence-electron chi connectivity index (χ0n) is 17.9. The topological polar surface area (TPSA) is 108 Å². The van der Waals surface area contributed by atoms with Crippen LogP contribution in [0, 0.1) is 17.6 Å². The first-order chi connectivity index (χ1) is 16.2. The molecule has 5 rings (SSSR count). The standard InChI is InChI=1S/C23H19F2N5O3S/c1-30(34(32,33)16-8-9-18(24)19(25)12-16)15-6-4-13(5-7-15)20-17-10-11-26-21(17)28-23(27-20)29-22(31)14-2-3-14/h4-12,14H,2-3H2,1H3,(H2,26,27,28,29,31). The van der Waals surface area contributed by atoms with Gasteiger partial charge in [-0.3, -0.25) is 14.4 Å². The van der Waals surface area contributed by atoms with E-state index in [0.29, 0.717) is 28.7 Å². The minimum absolute atomic E-state index is 0.00209. The van der Waals surface area contributed by atoms with Crippen molar-refractivity contribution < 1.29 is 22.0 Å². The fraction of sp³-hybridized carbons (Fsp3) is 0.174. The van der Waals surface area contributed by atoms with E-state index in [1.807, 2.05) is 6.07 Å². The average molecular weight is 484 g/mol. The third kappa shape index (κ3) is 3.98. The number of carbonyl (C=O) groups is 1. The highest BCUT2D eigenvalue weighted by Gasteiger charge is 2.30. The van der Waals surface area contributed by atoms with E-state index in [1.165, 1.54) is 7.05 Å². The molecule has 1 fully saturated rings. The third-order valence-corrected chi connectivity index (χ3v) is 7.43. The fourth-order valence-electron chi connectivity index (χ4n) is 3.54. The summed E-state index contributed by atoms with van der Waals surface area (Å²) in [5.74, 6) is -2.30. The fourth-order valence-corrected chi connectivity index (χ4v) is 4.75. The summed E-state index contributed by atoms with van der Waals surface area (Å²) >= 11 is 0. The van der Waals surface area contributed by atoms with Crippen molar-refractivity contribution in [1.82, 2.24) is 15.0 Å². The monoisotopic (exact) mass is 483 g/mol. The van der Waals surface area contributed by atoms with Gasteiger partial charge in [0, 0.05) is 30.1 Å². The Morgan fingerprint density at radius 3 is 2.47 bits per heavy atom. The molecule has 2 aromatic carbocycles. The van der Waals surface area contributed by atoms with Gasteiger partial charge in [-0.2, -0.15) is 4.98 Å². The summed E-state index contributed by atoms with van der Waals surface area (Å²) in [6.07, 6.45) is 3.42. The van der Waals surface area contributed by atoms with Gasteiger partial charge in [0.2, 0.25) is 11.9 Å². The Balaban J connectivity index is 1.46. The summed E-state index contributed by atoms with van der Waals surface area (Å²) in [6, 6.07) is 10.8. The molecular formula is C23H19F2N5O3S. The number of H-pyrrole nitrogens is 1. The molecule has 1 aliphatic rings. The van der Waals surface area contributed by atoms with E-state index in [0.717, 1.165) is 34.7 Å². The molecule has 11 heteroatoms. The van der Waals surface area contributed by atoms with Crippen LogP contribution < -0.4 is 9.62 Å². The van der Waals surface area contributed by atoms with Gasteiger partial charge in [-0.1, -0.05) is 12.1 Å². The van der Waals surface area contributed by atoms with E-state index in [2.05, 4.69) is 20.3 Å². The SMILES string of the molecule is CN(c1ccc(-c2nc(NC(=O)C3CC3)nc3[nH]ccc23)cc1)S(=O)(=O)c1ccc(F)c(F)c1. The molecule has 2 N–H and O–H groups in total. The van der Waals surface area contributed by atoms with E-state index in [4.69, 9.17) is 0 Å². The number of aromatic nitrogens is 3. The number of hydrogen-bond acceptors (Lipinski definition) is 5. The molecule has 1 aliphatic carbocycles. The quantitative estimate of drug-likeness (QED) is 0.430. The zero-order chi connectivity index (χ0) is 24.0. The highest BCUT2D eigenvalue weighted by atomic mass is 32.2. The molecule has 0 spiro atoms. The summed E-state index contributed by atoms with van der Waals surface area (Å²) in [5.41, 5.74) is 2.11. The van der Waals surface area contributed by atoms with Gasteiger partial charge >= 0.3 is 0 Å². The van der Waals surface area contributed by atoms with E-state index < -0.39 is 21.7 Å². The lowest BCUT2D eigenvalue weighted by Gasteiger charge is -2.20. The number of rotatable bonds is 6. The molecule has 0 aliphatic heterocycles. The number of benzene rings is 2. The number of hydrogen-bond donors (Lipinski definition) is 2. The molecule has 0 bridgehead atoms. The third-order valence-electron chi connectivity index (χ3n) is 5.65. The van der Waals surface area contributed by atoms with Crippen LogP contribution in [0.1, 0.15) is 12.8 Å². The molecule has 0 radical (unpaired) electrons. The van der Waals surface area contributed by atoms with Gasteiger partial charge in [-0.25, -0.2) is 22.2 Å². The van der Waals surface area contributed by atoms with Gasteiger partial charge in [-0.15, -0.1) is 0 Å². The number of carbonyl (C=O) groups excluding carboxylic acids is 1. The summed E-state index contributed by atoms with van der Waals surface area (Å²) in [7, 11) is -2.78.